The van der Waals surface area contributed by atoms with Crippen molar-refractivity contribution in [2.45, 2.75) is 32.2 Å². The Hall–Kier alpha value is -0.0500. The Bertz CT molecular complexity index is 234. The van der Waals surface area contributed by atoms with Gasteiger partial charge in [-0.2, -0.15) is 0 Å². The highest BCUT2D eigenvalue weighted by Crippen LogP contribution is 2.27. The predicted molar refractivity (Wildman–Crippen MR) is 55.8 cm³/mol. The normalized spacial score (nSPS) is 13.2. The van der Waals surface area contributed by atoms with E-state index in [-0.39, 0.29) is 6.04 Å². The molecule has 2 N–H and O–H groups in total. The quantitative estimate of drug-likeness (QED) is 0.795. The Kier molecular flexibility index (Phi) is 4.06. The number of nitrogens with two attached hydrogens (primary N) is 1. The molecule has 0 aliphatic rings. The molecule has 0 aliphatic heterocycles. The highest BCUT2D eigenvalue weighted by molar-refractivity contribution is 7.16. The van der Waals surface area contributed by atoms with Gasteiger partial charge in [-0.05, 0) is 18.6 Å². The molecule has 0 saturated heterocycles. The van der Waals surface area contributed by atoms with Crippen molar-refractivity contribution in [3.05, 3.63) is 21.3 Å². The summed E-state index contributed by atoms with van der Waals surface area (Å²) in [4.78, 5) is 1.20. The second-order valence-electron chi connectivity index (χ2n) is 2.89. The molecule has 1 aromatic rings. The van der Waals surface area contributed by atoms with Crippen LogP contribution in [0.1, 0.15) is 37.1 Å². The Morgan fingerprint density at radius 2 is 2.33 bits per heavy atom. The lowest BCUT2D eigenvalue weighted by Crippen LogP contribution is -2.07. The van der Waals surface area contributed by atoms with E-state index in [9.17, 15) is 0 Å². The highest BCUT2D eigenvalue weighted by Gasteiger charge is 2.07. The van der Waals surface area contributed by atoms with Gasteiger partial charge in [0.05, 0.1) is 4.34 Å². The van der Waals surface area contributed by atoms with Gasteiger partial charge in [0.25, 0.3) is 0 Å². The van der Waals surface area contributed by atoms with Crippen LogP contribution in [-0.4, -0.2) is 0 Å². The van der Waals surface area contributed by atoms with Gasteiger partial charge in [0, 0.05) is 10.9 Å². The first-order valence-electron chi connectivity index (χ1n) is 4.25. The van der Waals surface area contributed by atoms with Gasteiger partial charge in [0.15, 0.2) is 0 Å². The van der Waals surface area contributed by atoms with Gasteiger partial charge >= 0.3 is 0 Å². The summed E-state index contributed by atoms with van der Waals surface area (Å²) < 4.78 is 0.831. The number of halogens is 1. The molecule has 1 atom stereocenters. The van der Waals surface area contributed by atoms with Crippen LogP contribution >= 0.6 is 22.9 Å². The molecule has 0 aromatic carbocycles. The van der Waals surface area contributed by atoms with Gasteiger partial charge < -0.3 is 5.73 Å². The molecule has 1 aromatic heterocycles. The van der Waals surface area contributed by atoms with Crippen molar-refractivity contribution in [1.29, 1.82) is 0 Å². The van der Waals surface area contributed by atoms with E-state index in [0.717, 1.165) is 10.8 Å². The van der Waals surface area contributed by atoms with Crippen LogP contribution in [0.25, 0.3) is 0 Å². The first kappa shape index (κ1) is 10.0. The summed E-state index contributed by atoms with van der Waals surface area (Å²) >= 11 is 7.39. The summed E-state index contributed by atoms with van der Waals surface area (Å²) in [7, 11) is 0. The van der Waals surface area contributed by atoms with Gasteiger partial charge in [0.1, 0.15) is 0 Å². The van der Waals surface area contributed by atoms with Crippen LogP contribution in [0.4, 0.5) is 0 Å². The molecule has 1 unspecified atom stereocenters. The first-order chi connectivity index (χ1) is 5.74. The number of unbranched alkanes of at least 4 members (excludes halogenated alkanes) is 1. The molecule has 12 heavy (non-hydrogen) atoms. The lowest BCUT2D eigenvalue weighted by atomic mass is 10.1. The standard InChI is InChI=1S/C9H14ClNS/c1-2-3-4-7(11)8-5-6-9(10)12-8/h5-7H,2-4,11H2,1H3. The van der Waals surface area contributed by atoms with E-state index in [1.165, 1.54) is 17.7 Å². The molecule has 1 nitrogen and oxygen atoms in total. The second-order valence-corrected chi connectivity index (χ2v) is 4.64. The monoisotopic (exact) mass is 203 g/mol. The van der Waals surface area contributed by atoms with Crippen LogP contribution < -0.4 is 5.73 Å². The van der Waals surface area contributed by atoms with Gasteiger partial charge in [-0.15, -0.1) is 11.3 Å². The summed E-state index contributed by atoms with van der Waals surface area (Å²) in [5, 5.41) is 0. The molecule has 1 rings (SSSR count). The van der Waals surface area contributed by atoms with Crippen molar-refractivity contribution in [3.8, 4) is 0 Å². The summed E-state index contributed by atoms with van der Waals surface area (Å²) in [5.74, 6) is 0. The smallest absolute Gasteiger partial charge is 0.0931 e. The molecule has 0 bridgehead atoms. The van der Waals surface area contributed by atoms with Gasteiger partial charge in [-0.3, -0.25) is 0 Å². The van der Waals surface area contributed by atoms with Crippen LogP contribution in [0, 0.1) is 0 Å². The molecular formula is C9H14ClNS. The number of rotatable bonds is 4. The Morgan fingerprint density at radius 3 is 2.83 bits per heavy atom. The zero-order valence-electron chi connectivity index (χ0n) is 7.22. The largest absolute Gasteiger partial charge is 0.323 e. The van der Waals surface area contributed by atoms with Crippen LogP contribution in [0.5, 0.6) is 0 Å². The number of hydrogen-bond donors (Lipinski definition) is 1. The first-order valence-corrected chi connectivity index (χ1v) is 5.44. The Morgan fingerprint density at radius 1 is 1.58 bits per heavy atom. The number of thiophene rings is 1. The molecule has 3 heteroatoms. The number of hydrogen-bond acceptors (Lipinski definition) is 2. The lowest BCUT2D eigenvalue weighted by Gasteiger charge is -2.07. The van der Waals surface area contributed by atoms with Crippen molar-refractivity contribution < 1.29 is 0 Å². The molecule has 68 valence electrons. The van der Waals surface area contributed by atoms with Crippen molar-refractivity contribution in [2.75, 3.05) is 0 Å². The van der Waals surface area contributed by atoms with E-state index >= 15 is 0 Å². The van der Waals surface area contributed by atoms with E-state index in [1.807, 2.05) is 12.1 Å². The highest BCUT2D eigenvalue weighted by atomic mass is 35.5. The summed E-state index contributed by atoms with van der Waals surface area (Å²) in [5.41, 5.74) is 5.95. The zero-order valence-corrected chi connectivity index (χ0v) is 8.79. The van der Waals surface area contributed by atoms with Gasteiger partial charge in [-0.25, -0.2) is 0 Å². The van der Waals surface area contributed by atoms with E-state index < -0.39 is 0 Å². The van der Waals surface area contributed by atoms with E-state index in [2.05, 4.69) is 6.92 Å². The van der Waals surface area contributed by atoms with Crippen molar-refractivity contribution in [3.63, 3.8) is 0 Å². The molecule has 0 radical (unpaired) electrons. The molecule has 0 amide bonds. The van der Waals surface area contributed by atoms with Gasteiger partial charge in [0.2, 0.25) is 0 Å². The molecule has 0 spiro atoms. The van der Waals surface area contributed by atoms with Crippen LogP contribution in [-0.2, 0) is 0 Å². The van der Waals surface area contributed by atoms with Crippen molar-refractivity contribution in [1.82, 2.24) is 0 Å². The average Bonchev–Trinajstić information content (AvgIpc) is 2.47. The fraction of sp³-hybridized carbons (Fsp3) is 0.556. The molecule has 0 aliphatic carbocycles. The van der Waals surface area contributed by atoms with E-state index in [4.69, 9.17) is 17.3 Å². The van der Waals surface area contributed by atoms with Crippen LogP contribution in [0.2, 0.25) is 4.34 Å². The lowest BCUT2D eigenvalue weighted by molar-refractivity contribution is 0.611. The minimum atomic E-state index is 0.183. The van der Waals surface area contributed by atoms with Gasteiger partial charge in [-0.1, -0.05) is 31.4 Å². The minimum absolute atomic E-state index is 0.183. The third kappa shape index (κ3) is 2.77. The van der Waals surface area contributed by atoms with Crippen LogP contribution in [0.3, 0.4) is 0 Å². The summed E-state index contributed by atoms with van der Waals surface area (Å²) in [6.45, 7) is 2.17. The summed E-state index contributed by atoms with van der Waals surface area (Å²) in [6.07, 6.45) is 3.46. The minimum Gasteiger partial charge on any atom is -0.323 e. The topological polar surface area (TPSA) is 26.0 Å². The van der Waals surface area contributed by atoms with Crippen LogP contribution in [0.15, 0.2) is 12.1 Å². The molecule has 1 heterocycles. The third-order valence-corrected chi connectivity index (χ3v) is 3.19. The Balaban J connectivity index is 2.47. The second kappa shape index (κ2) is 4.85. The summed E-state index contributed by atoms with van der Waals surface area (Å²) in [6, 6.07) is 4.11. The zero-order chi connectivity index (χ0) is 8.97. The maximum atomic E-state index is 5.95. The Labute approximate surface area is 82.5 Å². The molecule has 0 saturated carbocycles. The predicted octanol–water partition coefficient (Wildman–Crippen LogP) is 3.59. The van der Waals surface area contributed by atoms with E-state index in [1.54, 1.807) is 11.3 Å². The van der Waals surface area contributed by atoms with E-state index in [0.29, 0.717) is 0 Å². The SMILES string of the molecule is CCCCC(N)c1ccc(Cl)s1. The fourth-order valence-corrected chi connectivity index (χ4v) is 2.19. The molecule has 0 fully saturated rings. The van der Waals surface area contributed by atoms with Crippen molar-refractivity contribution in [2.24, 2.45) is 5.73 Å². The maximum absolute atomic E-state index is 5.95. The third-order valence-electron chi connectivity index (χ3n) is 1.83. The maximum Gasteiger partial charge on any atom is 0.0931 e. The van der Waals surface area contributed by atoms with Crippen molar-refractivity contribution >= 4 is 22.9 Å². The fourth-order valence-electron chi connectivity index (χ4n) is 1.09. The average molecular weight is 204 g/mol. The molecular weight excluding hydrogens is 190 g/mol.